The van der Waals surface area contributed by atoms with Crippen LogP contribution in [-0.4, -0.2) is 17.7 Å². The van der Waals surface area contributed by atoms with Crippen molar-refractivity contribution in [3.63, 3.8) is 0 Å². The topological polar surface area (TPSA) is 69.7 Å². The Morgan fingerprint density at radius 1 is 1.08 bits per heavy atom. The van der Waals surface area contributed by atoms with E-state index in [1.54, 1.807) is 30.3 Å². The molecule has 0 radical (unpaired) electrons. The summed E-state index contributed by atoms with van der Waals surface area (Å²) in [6.45, 7) is 0.0939. The van der Waals surface area contributed by atoms with Gasteiger partial charge in [0.15, 0.2) is 11.5 Å². The van der Waals surface area contributed by atoms with Crippen LogP contribution in [0.3, 0.4) is 0 Å². The summed E-state index contributed by atoms with van der Waals surface area (Å²) in [4.78, 5) is 16.6. The number of nitrogens with zero attached hydrogens (tertiary/aromatic N) is 1. The highest BCUT2D eigenvalue weighted by molar-refractivity contribution is 6.06. The molecule has 1 aliphatic rings. The average Bonchev–Trinajstić information content (AvgIpc) is 3.14. The fraction of sp³-hybridized carbons (Fsp3) is 0.0526. The van der Waals surface area contributed by atoms with Crippen molar-refractivity contribution in [2.75, 3.05) is 12.1 Å². The van der Waals surface area contributed by atoms with Crippen LogP contribution >= 0.6 is 0 Å². The molecule has 4 rings (SSSR count). The molecule has 3 aromatic rings. The van der Waals surface area contributed by atoms with Gasteiger partial charge in [0, 0.05) is 6.07 Å². The summed E-state index contributed by atoms with van der Waals surface area (Å²) in [6.07, 6.45) is 1.47. The number of rotatable bonds is 4. The van der Waals surface area contributed by atoms with Crippen LogP contribution in [0.1, 0.15) is 10.4 Å². The first-order chi connectivity index (χ1) is 12.7. The quantitative estimate of drug-likeness (QED) is 0.769. The summed E-state index contributed by atoms with van der Waals surface area (Å²) < 4.78 is 29.0. The Kier molecular flexibility index (Phi) is 4.10. The standard InChI is InChI=1S/C19H13FN2O4/c20-12-4-7-14(8-5-12)26-17-9-6-13(10-21-17)22-19(23)15-2-1-3-16-18(15)25-11-24-16/h1-10H,11H2,(H,22,23). The van der Waals surface area contributed by atoms with Gasteiger partial charge >= 0.3 is 0 Å². The molecule has 1 N–H and O–H groups in total. The molecule has 6 nitrogen and oxygen atoms in total. The molecular formula is C19H13FN2O4. The van der Waals surface area contributed by atoms with Crippen molar-refractivity contribution in [3.8, 4) is 23.1 Å². The lowest BCUT2D eigenvalue weighted by Crippen LogP contribution is -2.12. The molecular weight excluding hydrogens is 339 g/mol. The molecule has 0 saturated heterocycles. The molecule has 130 valence electrons. The third kappa shape index (κ3) is 3.27. The Morgan fingerprint density at radius 3 is 2.69 bits per heavy atom. The van der Waals surface area contributed by atoms with Gasteiger partial charge in [-0.2, -0.15) is 0 Å². The van der Waals surface area contributed by atoms with Crippen LogP contribution in [-0.2, 0) is 0 Å². The number of halogens is 1. The third-order valence-corrected chi connectivity index (χ3v) is 3.67. The lowest BCUT2D eigenvalue weighted by molar-refractivity contribution is 0.102. The average molecular weight is 352 g/mol. The zero-order chi connectivity index (χ0) is 17.9. The number of pyridine rings is 1. The molecule has 0 fully saturated rings. The van der Waals surface area contributed by atoms with Crippen molar-refractivity contribution in [3.05, 3.63) is 72.2 Å². The second-order valence-corrected chi connectivity index (χ2v) is 5.43. The van der Waals surface area contributed by atoms with E-state index in [9.17, 15) is 9.18 Å². The maximum absolute atomic E-state index is 12.9. The first-order valence-corrected chi connectivity index (χ1v) is 7.78. The third-order valence-electron chi connectivity index (χ3n) is 3.67. The van der Waals surface area contributed by atoms with Crippen molar-refractivity contribution in [2.45, 2.75) is 0 Å². The summed E-state index contributed by atoms with van der Waals surface area (Å²) in [5, 5.41) is 2.74. The molecule has 2 heterocycles. The van der Waals surface area contributed by atoms with E-state index in [2.05, 4.69) is 10.3 Å². The maximum Gasteiger partial charge on any atom is 0.259 e. The van der Waals surface area contributed by atoms with Crippen LogP contribution < -0.4 is 19.5 Å². The van der Waals surface area contributed by atoms with Gasteiger partial charge in [-0.25, -0.2) is 9.37 Å². The molecule has 0 saturated carbocycles. The normalized spacial score (nSPS) is 11.9. The predicted molar refractivity (Wildman–Crippen MR) is 91.2 cm³/mol. The molecule has 0 spiro atoms. The van der Waals surface area contributed by atoms with Crippen molar-refractivity contribution in [2.24, 2.45) is 0 Å². The summed E-state index contributed by atoms with van der Waals surface area (Å²) in [7, 11) is 0. The fourth-order valence-electron chi connectivity index (χ4n) is 2.45. The van der Waals surface area contributed by atoms with E-state index in [1.807, 2.05) is 0 Å². The maximum atomic E-state index is 12.9. The van der Waals surface area contributed by atoms with Crippen molar-refractivity contribution in [1.29, 1.82) is 0 Å². The van der Waals surface area contributed by atoms with Crippen LogP contribution in [0.4, 0.5) is 10.1 Å². The summed E-state index contributed by atoms with van der Waals surface area (Å²) in [6, 6.07) is 14.0. The molecule has 7 heteroatoms. The number of hydrogen-bond acceptors (Lipinski definition) is 5. The van der Waals surface area contributed by atoms with E-state index in [0.717, 1.165) is 0 Å². The molecule has 0 aliphatic carbocycles. The minimum absolute atomic E-state index is 0.0939. The zero-order valence-corrected chi connectivity index (χ0v) is 13.4. The van der Waals surface area contributed by atoms with Gasteiger partial charge in [-0.1, -0.05) is 6.07 Å². The number of fused-ring (bicyclic) bond motifs is 1. The van der Waals surface area contributed by atoms with Crippen LogP contribution in [0.2, 0.25) is 0 Å². The Labute approximate surface area is 148 Å². The highest BCUT2D eigenvalue weighted by Crippen LogP contribution is 2.35. The molecule has 1 aromatic heterocycles. The van der Waals surface area contributed by atoms with Crippen LogP contribution in [0, 0.1) is 5.82 Å². The summed E-state index contributed by atoms with van der Waals surface area (Å²) in [5.41, 5.74) is 0.879. The van der Waals surface area contributed by atoms with Crippen molar-refractivity contribution < 1.29 is 23.4 Å². The van der Waals surface area contributed by atoms with Gasteiger partial charge in [0.1, 0.15) is 11.6 Å². The van der Waals surface area contributed by atoms with Crippen molar-refractivity contribution in [1.82, 2.24) is 4.98 Å². The zero-order valence-electron chi connectivity index (χ0n) is 13.4. The Morgan fingerprint density at radius 2 is 1.92 bits per heavy atom. The number of carbonyl (C=O) groups is 1. The number of ether oxygens (including phenoxy) is 3. The van der Waals surface area contributed by atoms with Crippen LogP contribution in [0.5, 0.6) is 23.1 Å². The van der Waals surface area contributed by atoms with Gasteiger partial charge in [-0.3, -0.25) is 4.79 Å². The summed E-state index contributed by atoms with van der Waals surface area (Å²) in [5.74, 6) is 1.08. The number of para-hydroxylation sites is 1. The number of aromatic nitrogens is 1. The molecule has 1 amide bonds. The van der Waals surface area contributed by atoms with Crippen molar-refractivity contribution >= 4 is 11.6 Å². The van der Waals surface area contributed by atoms with Gasteiger partial charge in [-0.05, 0) is 42.5 Å². The van der Waals surface area contributed by atoms with E-state index in [-0.39, 0.29) is 18.5 Å². The van der Waals surface area contributed by atoms with E-state index in [4.69, 9.17) is 14.2 Å². The van der Waals surface area contributed by atoms with Gasteiger partial charge in [0.25, 0.3) is 5.91 Å². The number of carbonyl (C=O) groups excluding carboxylic acids is 1. The highest BCUT2D eigenvalue weighted by atomic mass is 19.1. The van der Waals surface area contributed by atoms with Crippen LogP contribution in [0.15, 0.2) is 60.8 Å². The predicted octanol–water partition coefficient (Wildman–Crippen LogP) is 3.99. The lowest BCUT2D eigenvalue weighted by atomic mass is 10.1. The molecule has 26 heavy (non-hydrogen) atoms. The molecule has 2 aromatic carbocycles. The van der Waals surface area contributed by atoms with Crippen LogP contribution in [0.25, 0.3) is 0 Å². The summed E-state index contributed by atoms with van der Waals surface area (Å²) >= 11 is 0. The highest BCUT2D eigenvalue weighted by Gasteiger charge is 2.21. The number of amides is 1. The Hall–Kier alpha value is -3.61. The lowest BCUT2D eigenvalue weighted by Gasteiger charge is -2.08. The fourth-order valence-corrected chi connectivity index (χ4v) is 2.45. The van der Waals surface area contributed by atoms with E-state index < -0.39 is 0 Å². The second kappa shape index (κ2) is 6.72. The molecule has 0 atom stereocenters. The smallest absolute Gasteiger partial charge is 0.259 e. The minimum Gasteiger partial charge on any atom is -0.454 e. The Bertz CT molecular complexity index is 943. The van der Waals surface area contributed by atoms with E-state index in [0.29, 0.717) is 34.4 Å². The largest absolute Gasteiger partial charge is 0.454 e. The first-order valence-electron chi connectivity index (χ1n) is 7.78. The number of nitrogens with one attached hydrogen (secondary N) is 1. The number of benzene rings is 2. The van der Waals surface area contributed by atoms with E-state index in [1.165, 1.54) is 30.5 Å². The Balaban J connectivity index is 1.45. The molecule has 0 bridgehead atoms. The minimum atomic E-state index is -0.342. The van der Waals surface area contributed by atoms with E-state index >= 15 is 0 Å². The molecule has 1 aliphatic heterocycles. The second-order valence-electron chi connectivity index (χ2n) is 5.43. The van der Waals surface area contributed by atoms with Gasteiger partial charge < -0.3 is 19.5 Å². The number of anilines is 1. The van der Waals surface area contributed by atoms with Gasteiger partial charge in [0.2, 0.25) is 12.7 Å². The SMILES string of the molecule is O=C(Nc1ccc(Oc2ccc(F)cc2)nc1)c1cccc2c1OCO2. The first kappa shape index (κ1) is 15.9. The number of hydrogen-bond donors (Lipinski definition) is 1. The van der Waals surface area contributed by atoms with Gasteiger partial charge in [0.05, 0.1) is 17.4 Å². The monoisotopic (exact) mass is 352 g/mol. The van der Waals surface area contributed by atoms with Gasteiger partial charge in [-0.15, -0.1) is 0 Å². The molecule has 0 unspecified atom stereocenters.